The predicted molar refractivity (Wildman–Crippen MR) is 110 cm³/mol. The summed E-state index contributed by atoms with van der Waals surface area (Å²) in [6, 6.07) is 10.8. The molecule has 0 aliphatic heterocycles. The summed E-state index contributed by atoms with van der Waals surface area (Å²) < 4.78 is 6.67. The van der Waals surface area contributed by atoms with Gasteiger partial charge in [0, 0.05) is 33.0 Å². The van der Waals surface area contributed by atoms with Crippen molar-refractivity contribution in [1.82, 2.24) is 9.78 Å². The van der Waals surface area contributed by atoms with Crippen LogP contribution >= 0.6 is 23.2 Å². The molecule has 28 heavy (non-hydrogen) atoms. The van der Waals surface area contributed by atoms with Gasteiger partial charge in [-0.3, -0.25) is 14.3 Å². The van der Waals surface area contributed by atoms with Crippen molar-refractivity contribution >= 4 is 45.9 Å². The number of aryl methyl sites for hydroxylation is 1. The van der Waals surface area contributed by atoms with Gasteiger partial charge in [-0.25, -0.2) is 0 Å². The number of hydrogen-bond donors (Lipinski definition) is 0. The molecule has 0 spiro atoms. The van der Waals surface area contributed by atoms with E-state index < -0.39 is 0 Å². The van der Waals surface area contributed by atoms with E-state index in [1.54, 1.807) is 41.9 Å². The fraction of sp³-hybridized carbons (Fsp3) is 0.286. The predicted octanol–water partition coefficient (Wildman–Crippen LogP) is 5.23. The normalized spacial score (nSPS) is 11.0. The number of ether oxygens (including phenoxy) is 1. The minimum atomic E-state index is -0.369. The van der Waals surface area contributed by atoms with Crippen molar-refractivity contribution in [2.75, 3.05) is 6.61 Å². The molecule has 0 amide bonds. The molecule has 0 fully saturated rings. The molecular formula is C21H20Cl2N2O3. The Morgan fingerprint density at radius 3 is 2.50 bits per heavy atom. The van der Waals surface area contributed by atoms with E-state index in [4.69, 9.17) is 27.9 Å². The average molecular weight is 419 g/mol. The molecule has 0 unspecified atom stereocenters. The quantitative estimate of drug-likeness (QED) is 0.389. The molecule has 0 saturated carbocycles. The van der Waals surface area contributed by atoms with Crippen LogP contribution in [0, 0.1) is 6.92 Å². The second kappa shape index (κ2) is 8.76. The zero-order chi connectivity index (χ0) is 20.3. The molecule has 0 aliphatic carbocycles. The topological polar surface area (TPSA) is 61.2 Å². The lowest BCUT2D eigenvalue weighted by atomic mass is 10.0. The Hall–Kier alpha value is -2.37. The Morgan fingerprint density at radius 1 is 1.11 bits per heavy atom. The fourth-order valence-electron chi connectivity index (χ4n) is 3.06. The van der Waals surface area contributed by atoms with Gasteiger partial charge in [-0.2, -0.15) is 5.10 Å². The maximum atomic E-state index is 12.5. The molecule has 0 aliphatic rings. The minimum absolute atomic E-state index is 0.0677. The molecule has 0 N–H and O–H groups in total. The number of carbonyl (C=O) groups excluding carboxylic acids is 2. The smallest absolute Gasteiger partial charge is 0.306 e. The number of esters is 1. The third-order valence-electron chi connectivity index (χ3n) is 4.49. The molecule has 0 atom stereocenters. The molecule has 5 nitrogen and oxygen atoms in total. The Morgan fingerprint density at radius 2 is 1.82 bits per heavy atom. The summed E-state index contributed by atoms with van der Waals surface area (Å²) in [5.41, 5.74) is 2.97. The highest BCUT2D eigenvalue weighted by Gasteiger charge is 2.15. The summed E-state index contributed by atoms with van der Waals surface area (Å²) in [6.45, 7) is 4.35. The molecule has 7 heteroatoms. The second-order valence-electron chi connectivity index (χ2n) is 6.40. The van der Waals surface area contributed by atoms with Gasteiger partial charge in [0.05, 0.1) is 30.8 Å². The summed E-state index contributed by atoms with van der Waals surface area (Å²) in [4.78, 5) is 24.0. The number of ketones is 1. The number of benzene rings is 2. The highest BCUT2D eigenvalue weighted by atomic mass is 35.5. The first kappa shape index (κ1) is 20.4. The monoisotopic (exact) mass is 418 g/mol. The van der Waals surface area contributed by atoms with Crippen LogP contribution in [0.4, 0.5) is 0 Å². The number of fused-ring (bicyclic) bond motifs is 1. The van der Waals surface area contributed by atoms with E-state index in [2.05, 4.69) is 5.10 Å². The third kappa shape index (κ3) is 4.37. The fourth-order valence-corrected chi connectivity index (χ4v) is 3.58. The van der Waals surface area contributed by atoms with Gasteiger partial charge in [-0.05, 0) is 32.0 Å². The third-order valence-corrected chi connectivity index (χ3v) is 5.20. The lowest BCUT2D eigenvalue weighted by Gasteiger charge is -2.09. The van der Waals surface area contributed by atoms with Crippen LogP contribution < -0.4 is 0 Å². The van der Waals surface area contributed by atoms with E-state index in [1.807, 2.05) is 13.0 Å². The van der Waals surface area contributed by atoms with Gasteiger partial charge in [0.2, 0.25) is 0 Å². The molecule has 0 saturated heterocycles. The van der Waals surface area contributed by atoms with Gasteiger partial charge in [0.1, 0.15) is 0 Å². The molecule has 1 aromatic heterocycles. The highest BCUT2D eigenvalue weighted by Crippen LogP contribution is 2.27. The van der Waals surface area contributed by atoms with Crippen LogP contribution in [-0.2, 0) is 16.1 Å². The van der Waals surface area contributed by atoms with Crippen LogP contribution in [0.25, 0.3) is 10.9 Å². The van der Waals surface area contributed by atoms with Crippen molar-refractivity contribution in [2.45, 2.75) is 33.2 Å². The van der Waals surface area contributed by atoms with Crippen LogP contribution in [0.3, 0.4) is 0 Å². The van der Waals surface area contributed by atoms with Crippen LogP contribution in [-0.4, -0.2) is 28.1 Å². The second-order valence-corrected chi connectivity index (χ2v) is 7.22. The van der Waals surface area contributed by atoms with Crippen LogP contribution in [0.5, 0.6) is 0 Å². The van der Waals surface area contributed by atoms with Crippen molar-refractivity contribution < 1.29 is 14.3 Å². The van der Waals surface area contributed by atoms with Gasteiger partial charge < -0.3 is 4.74 Å². The number of halogens is 2. The summed E-state index contributed by atoms with van der Waals surface area (Å²) >= 11 is 12.6. The van der Waals surface area contributed by atoms with Crippen molar-refractivity contribution in [3.63, 3.8) is 0 Å². The first-order chi connectivity index (χ1) is 13.4. The molecule has 0 radical (unpaired) electrons. The Balaban J connectivity index is 1.90. The minimum Gasteiger partial charge on any atom is -0.466 e. The summed E-state index contributed by atoms with van der Waals surface area (Å²) in [7, 11) is 0. The van der Waals surface area contributed by atoms with Gasteiger partial charge in [0.15, 0.2) is 5.78 Å². The van der Waals surface area contributed by atoms with E-state index in [9.17, 15) is 9.59 Å². The average Bonchev–Trinajstić information content (AvgIpc) is 2.98. The molecule has 2 aromatic carbocycles. The number of hydrogen-bond acceptors (Lipinski definition) is 4. The lowest BCUT2D eigenvalue weighted by Crippen LogP contribution is -2.08. The molecule has 3 aromatic rings. The van der Waals surface area contributed by atoms with Crippen molar-refractivity contribution in [2.24, 2.45) is 0 Å². The number of rotatable bonds is 7. The van der Waals surface area contributed by atoms with Crippen LogP contribution in [0.2, 0.25) is 10.0 Å². The molecular weight excluding hydrogens is 399 g/mol. The van der Waals surface area contributed by atoms with Crippen molar-refractivity contribution in [3.05, 3.63) is 63.3 Å². The molecule has 0 bridgehead atoms. The molecule has 1 heterocycles. The zero-order valence-electron chi connectivity index (χ0n) is 15.7. The number of aromatic nitrogens is 2. The molecule has 146 valence electrons. The van der Waals surface area contributed by atoms with E-state index in [0.717, 1.165) is 22.2 Å². The lowest BCUT2D eigenvalue weighted by molar-refractivity contribution is -0.143. The maximum absolute atomic E-state index is 12.5. The molecule has 3 rings (SSSR count). The first-order valence-corrected chi connectivity index (χ1v) is 9.75. The largest absolute Gasteiger partial charge is 0.466 e. The highest BCUT2D eigenvalue weighted by molar-refractivity contribution is 6.36. The van der Waals surface area contributed by atoms with E-state index in [-0.39, 0.29) is 24.6 Å². The van der Waals surface area contributed by atoms with Gasteiger partial charge >= 0.3 is 5.97 Å². The Bertz CT molecular complexity index is 1020. The van der Waals surface area contributed by atoms with Crippen molar-refractivity contribution in [1.29, 1.82) is 0 Å². The van der Waals surface area contributed by atoms with E-state index in [0.29, 0.717) is 28.8 Å². The van der Waals surface area contributed by atoms with Crippen LogP contribution in [0.15, 0.2) is 36.4 Å². The zero-order valence-corrected chi connectivity index (χ0v) is 17.2. The SMILES string of the molecule is CCOC(=O)CCC(=O)c1ccc2c(C)nn(Cc3c(Cl)cccc3Cl)c2c1. The van der Waals surface area contributed by atoms with Gasteiger partial charge in [-0.1, -0.05) is 41.4 Å². The summed E-state index contributed by atoms with van der Waals surface area (Å²) in [5.74, 6) is -0.484. The number of Topliss-reactive ketones (excluding diaryl/α,β-unsaturated/α-hetero) is 1. The Kier molecular flexibility index (Phi) is 6.37. The van der Waals surface area contributed by atoms with Gasteiger partial charge in [-0.15, -0.1) is 0 Å². The Labute approximate surface area is 173 Å². The standard InChI is InChI=1S/C21H20Cl2N2O3/c1-3-28-21(27)10-9-20(26)14-7-8-15-13(2)24-25(19(15)11-14)12-16-17(22)5-4-6-18(16)23/h4-8,11H,3,9-10,12H2,1-2H3. The summed E-state index contributed by atoms with van der Waals surface area (Å²) in [5, 5.41) is 6.66. The van der Waals surface area contributed by atoms with Gasteiger partial charge in [0.25, 0.3) is 0 Å². The first-order valence-electron chi connectivity index (χ1n) is 8.99. The maximum Gasteiger partial charge on any atom is 0.306 e. The van der Waals surface area contributed by atoms with Crippen molar-refractivity contribution in [3.8, 4) is 0 Å². The van der Waals surface area contributed by atoms with E-state index >= 15 is 0 Å². The number of nitrogens with zero attached hydrogens (tertiary/aromatic N) is 2. The number of carbonyl (C=O) groups is 2. The summed E-state index contributed by atoms with van der Waals surface area (Å²) in [6.07, 6.45) is 0.173. The van der Waals surface area contributed by atoms with E-state index in [1.165, 1.54) is 0 Å². The van der Waals surface area contributed by atoms with Crippen LogP contribution in [0.1, 0.15) is 41.4 Å².